The minimum Gasteiger partial charge on any atom is -0.497 e. The Bertz CT molecular complexity index is 533. The van der Waals surface area contributed by atoms with E-state index in [4.69, 9.17) is 9.47 Å². The van der Waals surface area contributed by atoms with E-state index in [2.05, 4.69) is 0 Å². The number of aldehydes is 1. The maximum Gasteiger partial charge on any atom is 0.411 e. The second-order valence-corrected chi connectivity index (χ2v) is 6.46. The van der Waals surface area contributed by atoms with Gasteiger partial charge in [0.05, 0.1) is 19.2 Å². The van der Waals surface area contributed by atoms with Gasteiger partial charge in [0.1, 0.15) is 17.6 Å². The van der Waals surface area contributed by atoms with Crippen LogP contribution in [-0.2, 0) is 9.53 Å². The van der Waals surface area contributed by atoms with Crippen molar-refractivity contribution in [1.29, 1.82) is 0 Å². The molecule has 0 bridgehead atoms. The van der Waals surface area contributed by atoms with Crippen molar-refractivity contribution in [2.45, 2.75) is 51.3 Å². The Hall–Kier alpha value is -2.04. The largest absolute Gasteiger partial charge is 0.497 e. The van der Waals surface area contributed by atoms with Crippen LogP contribution in [0.2, 0.25) is 0 Å². The van der Waals surface area contributed by atoms with Crippen molar-refractivity contribution >= 4 is 12.4 Å². The summed E-state index contributed by atoms with van der Waals surface area (Å²) in [6, 6.07) is 6.99. The molecule has 1 aliphatic rings. The van der Waals surface area contributed by atoms with Crippen molar-refractivity contribution in [3.05, 3.63) is 29.8 Å². The van der Waals surface area contributed by atoms with Gasteiger partial charge in [0.25, 0.3) is 0 Å². The number of amides is 1. The molecule has 0 radical (unpaired) electrons. The van der Waals surface area contributed by atoms with Gasteiger partial charge in [0.2, 0.25) is 0 Å². The van der Waals surface area contributed by atoms with Crippen molar-refractivity contribution in [2.75, 3.05) is 7.11 Å². The zero-order valence-electron chi connectivity index (χ0n) is 13.5. The van der Waals surface area contributed by atoms with E-state index in [-0.39, 0.29) is 6.04 Å². The Balaban J connectivity index is 2.24. The van der Waals surface area contributed by atoms with Crippen molar-refractivity contribution < 1.29 is 19.1 Å². The molecule has 5 nitrogen and oxygen atoms in total. The lowest BCUT2D eigenvalue weighted by molar-refractivity contribution is -0.112. The smallest absolute Gasteiger partial charge is 0.411 e. The topological polar surface area (TPSA) is 55.8 Å². The summed E-state index contributed by atoms with van der Waals surface area (Å²) in [4.78, 5) is 25.3. The standard InChI is InChI=1S/C17H23NO4/c1-17(2,3)22-16(20)18-13(11-19)7-10-15(18)12-5-8-14(21-4)9-6-12/h5-6,8-9,11,13,15H,7,10H2,1-4H3/t13-,15-/m1/s1. The first kappa shape index (κ1) is 16.3. The molecule has 0 spiro atoms. The van der Waals surface area contributed by atoms with Crippen LogP contribution in [0.4, 0.5) is 4.79 Å². The highest BCUT2D eigenvalue weighted by molar-refractivity contribution is 5.75. The average molecular weight is 305 g/mol. The van der Waals surface area contributed by atoms with Crippen LogP contribution in [0.1, 0.15) is 45.2 Å². The molecule has 0 aromatic heterocycles. The Morgan fingerprint density at radius 1 is 1.23 bits per heavy atom. The van der Waals surface area contributed by atoms with Crippen molar-refractivity contribution in [3.8, 4) is 5.75 Å². The van der Waals surface area contributed by atoms with Gasteiger partial charge in [-0.15, -0.1) is 0 Å². The molecule has 2 rings (SSSR count). The van der Waals surface area contributed by atoms with E-state index in [0.717, 1.165) is 24.0 Å². The summed E-state index contributed by atoms with van der Waals surface area (Å²) in [5, 5.41) is 0. The lowest BCUT2D eigenvalue weighted by Crippen LogP contribution is -2.41. The highest BCUT2D eigenvalue weighted by Crippen LogP contribution is 2.37. The van der Waals surface area contributed by atoms with Crippen molar-refractivity contribution in [3.63, 3.8) is 0 Å². The molecule has 0 unspecified atom stereocenters. The van der Waals surface area contributed by atoms with Gasteiger partial charge in [-0.2, -0.15) is 0 Å². The zero-order valence-corrected chi connectivity index (χ0v) is 13.5. The molecule has 1 aromatic rings. The third kappa shape index (κ3) is 3.59. The number of benzene rings is 1. The Morgan fingerprint density at radius 3 is 2.36 bits per heavy atom. The third-order valence-electron chi connectivity index (χ3n) is 3.69. The first-order chi connectivity index (χ1) is 10.4. The normalized spacial score (nSPS) is 21.5. The van der Waals surface area contributed by atoms with E-state index >= 15 is 0 Å². The molecule has 1 heterocycles. The summed E-state index contributed by atoms with van der Waals surface area (Å²) in [5.41, 5.74) is 0.397. The van der Waals surface area contributed by atoms with Gasteiger partial charge in [-0.1, -0.05) is 12.1 Å². The minimum atomic E-state index is -0.586. The van der Waals surface area contributed by atoms with Crippen LogP contribution < -0.4 is 4.74 Å². The highest BCUT2D eigenvalue weighted by atomic mass is 16.6. The number of rotatable bonds is 3. The number of ether oxygens (including phenoxy) is 2. The molecular formula is C17H23NO4. The number of nitrogens with zero attached hydrogens (tertiary/aromatic N) is 1. The molecule has 120 valence electrons. The number of carbonyl (C=O) groups is 2. The molecule has 0 saturated carbocycles. The highest BCUT2D eigenvalue weighted by Gasteiger charge is 2.39. The van der Waals surface area contributed by atoms with E-state index in [1.807, 2.05) is 45.0 Å². The predicted octanol–water partition coefficient (Wildman–Crippen LogP) is 3.33. The summed E-state index contributed by atoms with van der Waals surface area (Å²) in [6.45, 7) is 5.46. The molecule has 5 heteroatoms. The lowest BCUT2D eigenvalue weighted by Gasteiger charge is -2.31. The Morgan fingerprint density at radius 2 is 1.86 bits per heavy atom. The molecule has 1 aliphatic heterocycles. The van der Waals surface area contributed by atoms with Crippen LogP contribution in [0.5, 0.6) is 5.75 Å². The quantitative estimate of drug-likeness (QED) is 0.804. The van der Waals surface area contributed by atoms with Crippen LogP contribution >= 0.6 is 0 Å². The van der Waals surface area contributed by atoms with Gasteiger partial charge in [-0.3, -0.25) is 4.90 Å². The van der Waals surface area contributed by atoms with E-state index < -0.39 is 17.7 Å². The van der Waals surface area contributed by atoms with Gasteiger partial charge in [-0.25, -0.2) is 4.79 Å². The van der Waals surface area contributed by atoms with E-state index in [1.165, 1.54) is 0 Å². The van der Waals surface area contributed by atoms with E-state index in [1.54, 1.807) is 12.0 Å². The number of carbonyl (C=O) groups excluding carboxylic acids is 2. The maximum atomic E-state index is 12.5. The molecule has 1 fully saturated rings. The molecule has 1 aromatic carbocycles. The summed E-state index contributed by atoms with van der Waals surface area (Å²) in [6.07, 6.45) is 1.78. The zero-order chi connectivity index (χ0) is 16.3. The van der Waals surface area contributed by atoms with Gasteiger partial charge in [0.15, 0.2) is 0 Å². The third-order valence-corrected chi connectivity index (χ3v) is 3.69. The maximum absolute atomic E-state index is 12.5. The molecule has 22 heavy (non-hydrogen) atoms. The summed E-state index contributed by atoms with van der Waals surface area (Å²) < 4.78 is 10.6. The van der Waals surface area contributed by atoms with E-state index in [9.17, 15) is 9.59 Å². The molecule has 0 N–H and O–H groups in total. The number of likely N-dealkylation sites (tertiary alicyclic amines) is 1. The van der Waals surface area contributed by atoms with Gasteiger partial charge < -0.3 is 14.3 Å². The average Bonchev–Trinajstić information content (AvgIpc) is 2.89. The molecular weight excluding hydrogens is 282 g/mol. The number of hydrogen-bond acceptors (Lipinski definition) is 4. The van der Waals surface area contributed by atoms with Crippen LogP contribution in [0.15, 0.2) is 24.3 Å². The Kier molecular flexibility index (Phi) is 4.74. The van der Waals surface area contributed by atoms with Crippen LogP contribution in [0.25, 0.3) is 0 Å². The first-order valence-electron chi connectivity index (χ1n) is 7.46. The molecule has 2 atom stereocenters. The first-order valence-corrected chi connectivity index (χ1v) is 7.46. The Labute approximate surface area is 131 Å². The SMILES string of the molecule is COc1ccc([C@H]2CC[C@H](C=O)N2C(=O)OC(C)(C)C)cc1. The van der Waals surface area contributed by atoms with Gasteiger partial charge in [-0.05, 0) is 51.3 Å². The predicted molar refractivity (Wildman–Crippen MR) is 82.9 cm³/mol. The fourth-order valence-electron chi connectivity index (χ4n) is 2.70. The molecule has 0 aliphatic carbocycles. The molecule has 1 amide bonds. The minimum absolute atomic E-state index is 0.143. The van der Waals surface area contributed by atoms with Crippen LogP contribution in [-0.4, -0.2) is 36.0 Å². The summed E-state index contributed by atoms with van der Waals surface area (Å²) in [5.74, 6) is 0.762. The van der Waals surface area contributed by atoms with Crippen molar-refractivity contribution in [2.24, 2.45) is 0 Å². The number of hydrogen-bond donors (Lipinski definition) is 0. The molecule has 1 saturated heterocycles. The lowest BCUT2D eigenvalue weighted by atomic mass is 10.0. The fourth-order valence-corrected chi connectivity index (χ4v) is 2.70. The second-order valence-electron chi connectivity index (χ2n) is 6.46. The van der Waals surface area contributed by atoms with E-state index in [0.29, 0.717) is 6.42 Å². The summed E-state index contributed by atoms with van der Waals surface area (Å²) in [7, 11) is 1.61. The van der Waals surface area contributed by atoms with Crippen LogP contribution in [0.3, 0.4) is 0 Å². The van der Waals surface area contributed by atoms with Crippen LogP contribution in [0, 0.1) is 0 Å². The fraction of sp³-hybridized carbons (Fsp3) is 0.529. The monoisotopic (exact) mass is 305 g/mol. The van der Waals surface area contributed by atoms with Gasteiger partial charge >= 0.3 is 6.09 Å². The summed E-state index contributed by atoms with van der Waals surface area (Å²) >= 11 is 0. The number of methoxy groups -OCH3 is 1. The van der Waals surface area contributed by atoms with Gasteiger partial charge in [0, 0.05) is 0 Å². The second kappa shape index (κ2) is 6.38. The van der Waals surface area contributed by atoms with Crippen molar-refractivity contribution in [1.82, 2.24) is 4.90 Å².